The second-order valence-corrected chi connectivity index (χ2v) is 5.20. The second kappa shape index (κ2) is 6.87. The highest BCUT2D eigenvalue weighted by Gasteiger charge is 2.30. The lowest BCUT2D eigenvalue weighted by Gasteiger charge is -2.17. The lowest BCUT2D eigenvalue weighted by Crippen LogP contribution is -2.30. The Morgan fingerprint density at radius 1 is 1.41 bits per heavy atom. The number of aliphatic imine (C=N–C) groups is 1. The average Bonchev–Trinajstić information content (AvgIpc) is 2.83. The molecule has 122 valence electrons. The van der Waals surface area contributed by atoms with E-state index in [1.807, 2.05) is 0 Å². The number of nitrogens with zero attached hydrogens (tertiary/aromatic N) is 2. The Kier molecular flexibility index (Phi) is 5.12. The maximum atomic E-state index is 12.1. The van der Waals surface area contributed by atoms with Crippen molar-refractivity contribution in [2.24, 2.45) is 10.7 Å². The van der Waals surface area contributed by atoms with E-state index < -0.39 is 6.36 Å². The van der Waals surface area contributed by atoms with Crippen molar-refractivity contribution < 1.29 is 17.9 Å². The maximum Gasteiger partial charge on any atom is 0.573 e. The van der Waals surface area contributed by atoms with E-state index in [0.29, 0.717) is 18.3 Å². The van der Waals surface area contributed by atoms with Gasteiger partial charge in [0, 0.05) is 11.7 Å². The van der Waals surface area contributed by atoms with Gasteiger partial charge in [0.15, 0.2) is 5.96 Å². The van der Waals surface area contributed by atoms with Crippen LogP contribution in [0.25, 0.3) is 0 Å². The quantitative estimate of drug-likeness (QED) is 0.661. The van der Waals surface area contributed by atoms with E-state index in [1.54, 1.807) is 0 Å². The molecule has 8 heteroatoms. The van der Waals surface area contributed by atoms with E-state index >= 15 is 0 Å². The Morgan fingerprint density at radius 2 is 2.09 bits per heavy atom. The van der Waals surface area contributed by atoms with Gasteiger partial charge < -0.3 is 20.7 Å². The van der Waals surface area contributed by atoms with Gasteiger partial charge >= 0.3 is 6.36 Å². The molecule has 2 rings (SSSR count). The fraction of sp³-hybridized carbons (Fsp3) is 0.500. The summed E-state index contributed by atoms with van der Waals surface area (Å²) in [6.45, 7) is 1.67. The minimum atomic E-state index is -4.69. The highest BCUT2D eigenvalue weighted by Crippen LogP contribution is 2.23. The fourth-order valence-electron chi connectivity index (χ4n) is 2.34. The van der Waals surface area contributed by atoms with E-state index in [1.165, 1.54) is 24.3 Å². The predicted molar refractivity (Wildman–Crippen MR) is 78.9 cm³/mol. The van der Waals surface area contributed by atoms with Crippen LogP contribution in [0.4, 0.5) is 18.9 Å². The number of likely N-dealkylation sites (tertiary alicyclic amines) is 1. The van der Waals surface area contributed by atoms with Crippen molar-refractivity contribution in [1.29, 1.82) is 0 Å². The lowest BCUT2D eigenvalue weighted by molar-refractivity contribution is -0.274. The molecule has 1 aromatic carbocycles. The second-order valence-electron chi connectivity index (χ2n) is 5.20. The van der Waals surface area contributed by atoms with Crippen LogP contribution in [0.2, 0.25) is 0 Å². The zero-order valence-electron chi connectivity index (χ0n) is 12.2. The summed E-state index contributed by atoms with van der Waals surface area (Å²) in [6, 6.07) is 5.72. The largest absolute Gasteiger partial charge is 0.573 e. The molecule has 1 fully saturated rings. The normalized spacial score (nSPS) is 20.2. The molecule has 1 aromatic rings. The van der Waals surface area contributed by atoms with Crippen LogP contribution in [0.1, 0.15) is 12.8 Å². The van der Waals surface area contributed by atoms with Crippen LogP contribution < -0.4 is 15.8 Å². The van der Waals surface area contributed by atoms with Gasteiger partial charge in [-0.3, -0.25) is 4.99 Å². The van der Waals surface area contributed by atoms with Gasteiger partial charge in [-0.1, -0.05) is 0 Å². The third-order valence-corrected chi connectivity index (χ3v) is 3.50. The first-order chi connectivity index (χ1) is 10.3. The van der Waals surface area contributed by atoms with Gasteiger partial charge in [-0.2, -0.15) is 0 Å². The summed E-state index contributed by atoms with van der Waals surface area (Å²) >= 11 is 0. The first-order valence-corrected chi connectivity index (χ1v) is 6.96. The third kappa shape index (κ3) is 5.10. The van der Waals surface area contributed by atoms with Crippen LogP contribution in [0, 0.1) is 0 Å². The Hall–Kier alpha value is -1.96. The van der Waals surface area contributed by atoms with Crippen molar-refractivity contribution in [2.45, 2.75) is 25.2 Å². The average molecular weight is 316 g/mol. The fourth-order valence-corrected chi connectivity index (χ4v) is 2.34. The number of anilines is 1. The highest BCUT2D eigenvalue weighted by molar-refractivity contribution is 5.92. The van der Waals surface area contributed by atoms with Gasteiger partial charge in [-0.05, 0) is 50.7 Å². The number of alkyl halides is 3. The van der Waals surface area contributed by atoms with Crippen molar-refractivity contribution in [3.8, 4) is 5.75 Å². The molecule has 22 heavy (non-hydrogen) atoms. The SMILES string of the molecule is CN1CCCC1CN=C(N)Nc1ccc(OC(F)(F)F)cc1. The number of ether oxygens (including phenoxy) is 1. The van der Waals surface area contributed by atoms with E-state index in [2.05, 4.69) is 27.0 Å². The molecule has 5 nitrogen and oxygen atoms in total. The Morgan fingerprint density at radius 3 is 2.64 bits per heavy atom. The van der Waals surface area contributed by atoms with Crippen LogP contribution >= 0.6 is 0 Å². The number of benzene rings is 1. The Bertz CT molecular complexity index is 516. The molecule has 0 aromatic heterocycles. The molecule has 0 spiro atoms. The Labute approximate surface area is 127 Å². The molecule has 1 atom stereocenters. The third-order valence-electron chi connectivity index (χ3n) is 3.50. The molecule has 0 aliphatic carbocycles. The van der Waals surface area contributed by atoms with Crippen molar-refractivity contribution in [3.63, 3.8) is 0 Å². The summed E-state index contributed by atoms with van der Waals surface area (Å²) in [5.74, 6) is -0.0362. The van der Waals surface area contributed by atoms with Crippen molar-refractivity contribution in [2.75, 3.05) is 25.5 Å². The Balaban J connectivity index is 1.87. The molecule has 0 saturated carbocycles. The van der Waals surface area contributed by atoms with Crippen LogP contribution in [-0.2, 0) is 0 Å². The first kappa shape index (κ1) is 16.4. The topological polar surface area (TPSA) is 62.9 Å². The van der Waals surface area contributed by atoms with Crippen LogP contribution in [0.5, 0.6) is 5.75 Å². The summed E-state index contributed by atoms with van der Waals surface area (Å²) in [6.07, 6.45) is -2.44. The summed E-state index contributed by atoms with van der Waals surface area (Å²) in [4.78, 5) is 6.50. The monoisotopic (exact) mass is 316 g/mol. The molecule has 0 radical (unpaired) electrons. The zero-order chi connectivity index (χ0) is 16.2. The van der Waals surface area contributed by atoms with E-state index in [4.69, 9.17) is 5.73 Å². The zero-order valence-corrected chi connectivity index (χ0v) is 12.2. The molecular formula is C14H19F3N4O. The lowest BCUT2D eigenvalue weighted by atomic mass is 10.2. The standard InChI is InChI=1S/C14H19F3N4O/c1-21-8-2-3-11(21)9-19-13(18)20-10-4-6-12(7-5-10)22-14(15,16)17/h4-7,11H,2-3,8-9H2,1H3,(H3,18,19,20). The summed E-state index contributed by atoms with van der Waals surface area (Å²) in [7, 11) is 2.05. The van der Waals surface area contributed by atoms with Gasteiger partial charge in [-0.15, -0.1) is 13.2 Å². The van der Waals surface area contributed by atoms with Crippen molar-refractivity contribution in [3.05, 3.63) is 24.3 Å². The molecule has 0 amide bonds. The molecule has 1 aliphatic rings. The summed E-state index contributed by atoms with van der Waals surface area (Å²) in [5.41, 5.74) is 6.33. The first-order valence-electron chi connectivity index (χ1n) is 6.96. The minimum Gasteiger partial charge on any atom is -0.406 e. The molecule has 0 bridgehead atoms. The summed E-state index contributed by atoms with van der Waals surface area (Å²) < 4.78 is 39.9. The molecule has 1 heterocycles. The van der Waals surface area contributed by atoms with Gasteiger partial charge in [0.1, 0.15) is 5.75 Å². The number of halogens is 3. The smallest absolute Gasteiger partial charge is 0.406 e. The predicted octanol–water partition coefficient (Wildman–Crippen LogP) is 2.41. The number of rotatable bonds is 4. The minimum absolute atomic E-state index is 0.241. The van der Waals surface area contributed by atoms with Crippen LogP contribution in [-0.4, -0.2) is 43.4 Å². The van der Waals surface area contributed by atoms with Gasteiger partial charge in [0.2, 0.25) is 0 Å². The number of nitrogens with one attached hydrogen (secondary N) is 1. The molecule has 1 saturated heterocycles. The molecule has 3 N–H and O–H groups in total. The number of likely N-dealkylation sites (N-methyl/N-ethyl adjacent to an activating group) is 1. The molecular weight excluding hydrogens is 297 g/mol. The molecule has 1 aliphatic heterocycles. The van der Waals surface area contributed by atoms with E-state index in [0.717, 1.165) is 19.4 Å². The highest BCUT2D eigenvalue weighted by atomic mass is 19.4. The van der Waals surface area contributed by atoms with E-state index in [9.17, 15) is 13.2 Å². The van der Waals surface area contributed by atoms with Crippen LogP contribution in [0.3, 0.4) is 0 Å². The van der Waals surface area contributed by atoms with E-state index in [-0.39, 0.29) is 11.7 Å². The number of hydrogen-bond donors (Lipinski definition) is 2. The van der Waals surface area contributed by atoms with Crippen LogP contribution in [0.15, 0.2) is 29.3 Å². The maximum absolute atomic E-state index is 12.1. The van der Waals surface area contributed by atoms with Gasteiger partial charge in [0.25, 0.3) is 0 Å². The van der Waals surface area contributed by atoms with Gasteiger partial charge in [0.05, 0.1) is 6.54 Å². The number of guanidine groups is 1. The summed E-state index contributed by atoms with van der Waals surface area (Å²) in [5, 5.41) is 2.84. The van der Waals surface area contributed by atoms with Gasteiger partial charge in [-0.25, -0.2) is 0 Å². The van der Waals surface area contributed by atoms with Crippen molar-refractivity contribution >= 4 is 11.6 Å². The number of nitrogens with two attached hydrogens (primary N) is 1. The molecule has 1 unspecified atom stereocenters. The number of hydrogen-bond acceptors (Lipinski definition) is 3. The van der Waals surface area contributed by atoms with Crippen molar-refractivity contribution in [1.82, 2.24) is 4.90 Å².